The van der Waals surface area contributed by atoms with E-state index in [2.05, 4.69) is 34.9 Å². The molecule has 2 nitrogen and oxygen atoms in total. The Morgan fingerprint density at radius 1 is 1.29 bits per heavy atom. The molecular formula is C13H14BrClN2. The number of hydrogen-bond donors (Lipinski definition) is 0. The van der Waals surface area contributed by atoms with Gasteiger partial charge in [-0.1, -0.05) is 29.8 Å². The molecule has 2 rings (SSSR count). The van der Waals surface area contributed by atoms with Crippen molar-refractivity contribution in [2.45, 2.75) is 25.6 Å². The standard InChI is InChI=1S/C13H14BrClN2/c1-9(2)13-10(7-15)8-16-17(13)12-5-3-11(14)4-6-12/h3-6,8-9H,7H2,1-2H3. The first-order chi connectivity index (χ1) is 8.13. The normalized spacial score (nSPS) is 11.1. The Morgan fingerprint density at radius 3 is 2.47 bits per heavy atom. The first-order valence-corrected chi connectivity index (χ1v) is 6.85. The van der Waals surface area contributed by atoms with Gasteiger partial charge in [-0.05, 0) is 30.2 Å². The van der Waals surface area contributed by atoms with Gasteiger partial charge in [-0.25, -0.2) is 4.68 Å². The molecule has 0 bridgehead atoms. The molecule has 0 amide bonds. The summed E-state index contributed by atoms with van der Waals surface area (Å²) >= 11 is 9.37. The summed E-state index contributed by atoms with van der Waals surface area (Å²) in [5.41, 5.74) is 3.35. The zero-order valence-corrected chi connectivity index (χ0v) is 12.2. The molecule has 17 heavy (non-hydrogen) atoms. The molecule has 0 fully saturated rings. The lowest BCUT2D eigenvalue weighted by Crippen LogP contribution is -2.05. The Labute approximate surface area is 115 Å². The summed E-state index contributed by atoms with van der Waals surface area (Å²) in [6.07, 6.45) is 1.85. The highest BCUT2D eigenvalue weighted by molar-refractivity contribution is 9.10. The summed E-state index contributed by atoms with van der Waals surface area (Å²) in [5.74, 6) is 0.902. The van der Waals surface area contributed by atoms with Crippen molar-refractivity contribution >= 4 is 27.5 Å². The average molecular weight is 314 g/mol. The van der Waals surface area contributed by atoms with Crippen molar-refractivity contribution in [1.29, 1.82) is 0 Å². The van der Waals surface area contributed by atoms with E-state index in [9.17, 15) is 0 Å². The molecule has 1 aromatic heterocycles. The van der Waals surface area contributed by atoms with Crippen LogP contribution in [0.1, 0.15) is 31.0 Å². The Morgan fingerprint density at radius 2 is 1.94 bits per heavy atom. The lowest BCUT2D eigenvalue weighted by molar-refractivity contribution is 0.729. The van der Waals surface area contributed by atoms with Crippen LogP contribution in [0.2, 0.25) is 0 Å². The summed E-state index contributed by atoms with van der Waals surface area (Å²) in [6.45, 7) is 4.31. The molecule has 0 spiro atoms. The number of nitrogens with zero attached hydrogens (tertiary/aromatic N) is 2. The fourth-order valence-electron chi connectivity index (χ4n) is 1.90. The van der Waals surface area contributed by atoms with Crippen molar-refractivity contribution in [2.24, 2.45) is 0 Å². The Balaban J connectivity index is 2.51. The minimum absolute atomic E-state index is 0.398. The SMILES string of the molecule is CC(C)c1c(CCl)cnn1-c1ccc(Br)cc1. The van der Waals surface area contributed by atoms with Gasteiger partial charge in [0, 0.05) is 10.0 Å². The van der Waals surface area contributed by atoms with Crippen LogP contribution in [0, 0.1) is 0 Å². The molecule has 0 N–H and O–H groups in total. The second-order valence-corrected chi connectivity index (χ2v) is 5.41. The maximum absolute atomic E-state index is 5.94. The van der Waals surface area contributed by atoms with Crippen LogP contribution in [0.3, 0.4) is 0 Å². The number of benzene rings is 1. The van der Waals surface area contributed by atoms with Crippen LogP contribution in [0.4, 0.5) is 0 Å². The van der Waals surface area contributed by atoms with Crippen molar-refractivity contribution in [2.75, 3.05) is 0 Å². The van der Waals surface area contributed by atoms with E-state index >= 15 is 0 Å². The molecule has 0 aliphatic rings. The summed E-state index contributed by atoms with van der Waals surface area (Å²) < 4.78 is 3.03. The molecule has 0 unspecified atom stereocenters. The second kappa shape index (κ2) is 5.23. The predicted molar refractivity (Wildman–Crippen MR) is 74.9 cm³/mol. The molecule has 0 aliphatic carbocycles. The fraction of sp³-hybridized carbons (Fsp3) is 0.308. The highest BCUT2D eigenvalue weighted by atomic mass is 79.9. The first kappa shape index (κ1) is 12.7. The Hall–Kier alpha value is -0.800. The molecule has 2 aromatic rings. The number of hydrogen-bond acceptors (Lipinski definition) is 1. The molecule has 4 heteroatoms. The molecule has 0 aliphatic heterocycles. The topological polar surface area (TPSA) is 17.8 Å². The second-order valence-electron chi connectivity index (χ2n) is 4.23. The quantitative estimate of drug-likeness (QED) is 0.763. The number of aromatic nitrogens is 2. The van der Waals surface area contributed by atoms with Gasteiger partial charge in [0.1, 0.15) is 0 Å². The van der Waals surface area contributed by atoms with Gasteiger partial charge in [0.05, 0.1) is 23.5 Å². The van der Waals surface area contributed by atoms with Crippen molar-refractivity contribution in [3.05, 3.63) is 46.2 Å². The van der Waals surface area contributed by atoms with Gasteiger partial charge in [0.25, 0.3) is 0 Å². The van der Waals surface area contributed by atoms with E-state index in [0.29, 0.717) is 11.8 Å². The average Bonchev–Trinajstić information content (AvgIpc) is 2.73. The smallest absolute Gasteiger partial charge is 0.0649 e. The molecule has 90 valence electrons. The van der Waals surface area contributed by atoms with Crippen LogP contribution in [-0.4, -0.2) is 9.78 Å². The van der Waals surface area contributed by atoms with Crippen LogP contribution >= 0.6 is 27.5 Å². The van der Waals surface area contributed by atoms with Crippen LogP contribution in [0.15, 0.2) is 34.9 Å². The van der Waals surface area contributed by atoms with E-state index in [1.165, 1.54) is 5.69 Å². The van der Waals surface area contributed by atoms with Gasteiger partial charge in [-0.3, -0.25) is 0 Å². The Bertz CT molecular complexity index is 503. The van der Waals surface area contributed by atoms with Crippen LogP contribution in [-0.2, 0) is 5.88 Å². The third kappa shape index (κ3) is 2.55. The fourth-order valence-corrected chi connectivity index (χ4v) is 2.37. The third-order valence-corrected chi connectivity index (χ3v) is 3.46. The van der Waals surface area contributed by atoms with Gasteiger partial charge < -0.3 is 0 Å². The molecule has 0 saturated heterocycles. The van der Waals surface area contributed by atoms with E-state index < -0.39 is 0 Å². The van der Waals surface area contributed by atoms with Crippen LogP contribution in [0.25, 0.3) is 5.69 Å². The van der Waals surface area contributed by atoms with Crippen LogP contribution < -0.4 is 0 Å². The minimum atomic E-state index is 0.398. The highest BCUT2D eigenvalue weighted by Crippen LogP contribution is 2.24. The third-order valence-electron chi connectivity index (χ3n) is 2.65. The molecule has 0 saturated carbocycles. The lowest BCUT2D eigenvalue weighted by atomic mass is 10.1. The summed E-state index contributed by atoms with van der Waals surface area (Å²) in [7, 11) is 0. The maximum Gasteiger partial charge on any atom is 0.0649 e. The monoisotopic (exact) mass is 312 g/mol. The number of alkyl halides is 1. The van der Waals surface area contributed by atoms with Crippen molar-refractivity contribution < 1.29 is 0 Å². The highest BCUT2D eigenvalue weighted by Gasteiger charge is 2.14. The predicted octanol–water partition coefficient (Wildman–Crippen LogP) is 4.50. The summed E-state index contributed by atoms with van der Waals surface area (Å²) in [6, 6.07) is 8.12. The number of rotatable bonds is 3. The molecule has 1 heterocycles. The summed E-state index contributed by atoms with van der Waals surface area (Å²) in [5, 5.41) is 4.43. The molecule has 0 atom stereocenters. The molecular weight excluding hydrogens is 300 g/mol. The number of halogens is 2. The molecule has 0 radical (unpaired) electrons. The summed E-state index contributed by atoms with van der Waals surface area (Å²) in [4.78, 5) is 0. The Kier molecular flexibility index (Phi) is 3.89. The lowest BCUT2D eigenvalue weighted by Gasteiger charge is -2.12. The van der Waals surface area contributed by atoms with Crippen molar-refractivity contribution in [1.82, 2.24) is 9.78 Å². The van der Waals surface area contributed by atoms with Gasteiger partial charge in [0.15, 0.2) is 0 Å². The van der Waals surface area contributed by atoms with E-state index in [1.54, 1.807) is 0 Å². The molecule has 1 aromatic carbocycles. The van der Waals surface area contributed by atoms with Gasteiger partial charge in [0.2, 0.25) is 0 Å². The van der Waals surface area contributed by atoms with Crippen molar-refractivity contribution in [3.63, 3.8) is 0 Å². The van der Waals surface area contributed by atoms with E-state index in [4.69, 9.17) is 11.6 Å². The zero-order chi connectivity index (χ0) is 12.4. The van der Waals surface area contributed by atoms with Gasteiger partial charge in [-0.15, -0.1) is 11.6 Å². The first-order valence-electron chi connectivity index (χ1n) is 5.52. The van der Waals surface area contributed by atoms with Gasteiger partial charge in [-0.2, -0.15) is 5.10 Å². The zero-order valence-electron chi connectivity index (χ0n) is 9.82. The van der Waals surface area contributed by atoms with Crippen molar-refractivity contribution in [3.8, 4) is 5.69 Å². The van der Waals surface area contributed by atoms with Crippen LogP contribution in [0.5, 0.6) is 0 Å². The maximum atomic E-state index is 5.94. The minimum Gasteiger partial charge on any atom is -0.237 e. The largest absolute Gasteiger partial charge is 0.237 e. The van der Waals surface area contributed by atoms with E-state index in [1.807, 2.05) is 35.1 Å². The van der Waals surface area contributed by atoms with E-state index in [-0.39, 0.29) is 0 Å². The van der Waals surface area contributed by atoms with E-state index in [0.717, 1.165) is 15.7 Å². The van der Waals surface area contributed by atoms with Gasteiger partial charge >= 0.3 is 0 Å².